The van der Waals surface area contributed by atoms with Gasteiger partial charge in [-0.25, -0.2) is 12.2 Å². The number of benzene rings is 5. The average Bonchev–Trinajstić information content (AvgIpc) is 3.70. The maximum absolute atomic E-state index is 6.79. The lowest BCUT2D eigenvalue weighted by Gasteiger charge is -2.47. The zero-order valence-corrected chi connectivity index (χ0v) is 44.2. The molecule has 0 spiro atoms. The standard InChI is InChI=1S/C68H75/c1-18-22-57-54-35-42(58-40(3)29-39(2)30-41(58)4)27-28-52(54)63-59(43-31-45(64(5,6)7)36-46(32-43)65(8,9)10)56-38-55-50-24-20-19-23-49(50)51-25-21-26-53(60(51)55)61(56)62(68(57,63)17)44-33-47(66(11,12)13)37-48(34-44)67(14,15)16/h1,18-29,31-34,36-38,41,54,62H,30,35H2,2-17H3/q-1/b57-22+. The molecule has 68 heavy (non-hydrogen) atoms. The zero-order valence-electron chi connectivity index (χ0n) is 44.2. The van der Waals surface area contributed by atoms with E-state index in [1.54, 1.807) is 0 Å². The molecule has 0 aromatic heterocycles. The van der Waals surface area contributed by atoms with Gasteiger partial charge in [-0.15, -0.1) is 5.57 Å². The van der Waals surface area contributed by atoms with Gasteiger partial charge in [0.15, 0.2) is 0 Å². The lowest BCUT2D eigenvalue weighted by atomic mass is 9.57. The van der Waals surface area contributed by atoms with Crippen LogP contribution in [-0.2, 0) is 21.7 Å². The Morgan fingerprint density at radius 2 is 1.18 bits per heavy atom. The van der Waals surface area contributed by atoms with Gasteiger partial charge in [-0.2, -0.15) is 0 Å². The summed E-state index contributed by atoms with van der Waals surface area (Å²) < 4.78 is 0. The van der Waals surface area contributed by atoms with Gasteiger partial charge in [0.2, 0.25) is 0 Å². The minimum absolute atomic E-state index is 0.0122. The van der Waals surface area contributed by atoms with Crippen LogP contribution in [0.15, 0.2) is 154 Å². The van der Waals surface area contributed by atoms with Crippen LogP contribution in [0.1, 0.15) is 174 Å². The maximum atomic E-state index is 6.79. The van der Waals surface area contributed by atoms with E-state index >= 15 is 0 Å². The summed E-state index contributed by atoms with van der Waals surface area (Å²) in [5.74, 6) is 0.624. The van der Waals surface area contributed by atoms with Crippen molar-refractivity contribution < 1.29 is 0 Å². The molecule has 348 valence electrons. The third-order valence-corrected chi connectivity index (χ3v) is 16.7. The summed E-state index contributed by atoms with van der Waals surface area (Å²) in [6, 6.07) is 34.3. The molecule has 0 N–H and O–H groups in total. The van der Waals surface area contributed by atoms with Crippen molar-refractivity contribution in [2.75, 3.05) is 0 Å². The topological polar surface area (TPSA) is 0 Å². The Labute approximate surface area is 410 Å². The maximum Gasteiger partial charge on any atom is 0.0220 e. The number of hydrogen-bond donors (Lipinski definition) is 0. The van der Waals surface area contributed by atoms with Crippen LogP contribution in [0.4, 0.5) is 0 Å². The van der Waals surface area contributed by atoms with Crippen molar-refractivity contribution in [2.45, 2.75) is 151 Å². The van der Waals surface area contributed by atoms with Crippen molar-refractivity contribution >= 4 is 16.3 Å². The van der Waals surface area contributed by atoms with Gasteiger partial charge in [0, 0.05) is 11.3 Å². The summed E-state index contributed by atoms with van der Waals surface area (Å²) in [5.41, 5.74) is 27.4. The zero-order chi connectivity index (χ0) is 48.8. The molecule has 0 saturated heterocycles. The number of allylic oxidation sites excluding steroid dienone is 12. The summed E-state index contributed by atoms with van der Waals surface area (Å²) in [7, 11) is 0. The van der Waals surface area contributed by atoms with Crippen LogP contribution >= 0.6 is 0 Å². The van der Waals surface area contributed by atoms with Gasteiger partial charge >= 0.3 is 0 Å². The first kappa shape index (κ1) is 46.3. The van der Waals surface area contributed by atoms with Crippen LogP contribution in [-0.4, -0.2) is 0 Å². The lowest BCUT2D eigenvalue weighted by Crippen LogP contribution is -2.33. The van der Waals surface area contributed by atoms with Crippen molar-refractivity contribution in [2.24, 2.45) is 17.3 Å². The SMILES string of the molecule is [CH-]=C/C=C1\C2CC(C3=C(C)C=C(C)CC3C)=CC=C2C2=C(c3cc(C(C)(C)C)cc(C(C)(C)C)c3)c3cc4c5c(cccc5c3C(c3cc(C(C)(C)C)cc(C(C)(C)C)c3)C21C)-c1ccccc1-4. The van der Waals surface area contributed by atoms with E-state index in [0.717, 1.165) is 12.8 Å². The number of hydrogen-bond acceptors (Lipinski definition) is 0. The van der Waals surface area contributed by atoms with Crippen molar-refractivity contribution in [3.63, 3.8) is 0 Å². The molecule has 4 atom stereocenters. The van der Waals surface area contributed by atoms with Gasteiger partial charge in [-0.3, -0.25) is 6.58 Å². The largest absolute Gasteiger partial charge is 0.293 e. The Bertz CT molecular complexity index is 3130. The van der Waals surface area contributed by atoms with Crippen LogP contribution < -0.4 is 0 Å². The van der Waals surface area contributed by atoms with Gasteiger partial charge < -0.3 is 0 Å². The molecule has 5 aliphatic rings. The highest BCUT2D eigenvalue weighted by atomic mass is 14.6. The van der Waals surface area contributed by atoms with E-state index in [4.69, 9.17) is 6.58 Å². The first-order chi connectivity index (χ1) is 31.8. The second-order valence-electron chi connectivity index (χ2n) is 25.8. The Morgan fingerprint density at radius 3 is 1.74 bits per heavy atom. The Balaban J connectivity index is 1.43. The second kappa shape index (κ2) is 15.5. The van der Waals surface area contributed by atoms with E-state index in [-0.39, 0.29) is 33.5 Å². The normalized spacial score (nSPS) is 23.0. The molecular weight excluding hydrogens is 817 g/mol. The van der Waals surface area contributed by atoms with Crippen LogP contribution in [0.25, 0.3) is 38.6 Å². The number of fused-ring (bicyclic) bond motifs is 8. The first-order valence-electron chi connectivity index (χ1n) is 25.6. The van der Waals surface area contributed by atoms with Crippen molar-refractivity contribution in [3.8, 4) is 22.3 Å². The summed E-state index contributed by atoms with van der Waals surface area (Å²) in [5, 5.41) is 2.76. The lowest BCUT2D eigenvalue weighted by molar-refractivity contribution is 0.423. The molecule has 0 heteroatoms. The summed E-state index contributed by atoms with van der Waals surface area (Å²) in [4.78, 5) is 0. The second-order valence-corrected chi connectivity index (χ2v) is 25.8. The smallest absolute Gasteiger partial charge is 0.0220 e. The van der Waals surface area contributed by atoms with E-state index in [1.165, 1.54) is 122 Å². The van der Waals surface area contributed by atoms with E-state index in [0.29, 0.717) is 5.92 Å². The Morgan fingerprint density at radius 1 is 0.618 bits per heavy atom. The summed E-state index contributed by atoms with van der Waals surface area (Å²) >= 11 is 0. The van der Waals surface area contributed by atoms with Gasteiger partial charge in [0.05, 0.1) is 0 Å². The molecule has 0 aliphatic heterocycles. The Kier molecular flexibility index (Phi) is 10.6. The fraction of sp³-hybridized carbons (Fsp3) is 0.382. The van der Waals surface area contributed by atoms with Gasteiger partial charge in [-0.1, -0.05) is 200 Å². The van der Waals surface area contributed by atoms with Crippen molar-refractivity contribution in [1.82, 2.24) is 0 Å². The highest BCUT2D eigenvalue weighted by Gasteiger charge is 2.56. The molecule has 10 rings (SSSR count). The summed E-state index contributed by atoms with van der Waals surface area (Å²) in [6.07, 6.45) is 13.8. The first-order valence-corrected chi connectivity index (χ1v) is 25.6. The van der Waals surface area contributed by atoms with E-state index in [1.807, 2.05) is 6.08 Å². The monoisotopic (exact) mass is 892 g/mol. The van der Waals surface area contributed by atoms with E-state index < -0.39 is 5.41 Å². The quantitative estimate of drug-likeness (QED) is 0.155. The van der Waals surface area contributed by atoms with Gasteiger partial charge in [0.1, 0.15) is 0 Å². The fourth-order valence-electron chi connectivity index (χ4n) is 13.4. The predicted molar refractivity (Wildman–Crippen MR) is 293 cm³/mol. The van der Waals surface area contributed by atoms with Crippen LogP contribution in [0.3, 0.4) is 0 Å². The summed E-state index contributed by atoms with van der Waals surface area (Å²) in [6.45, 7) is 45.1. The molecule has 0 radical (unpaired) electrons. The van der Waals surface area contributed by atoms with Gasteiger partial charge in [0.25, 0.3) is 0 Å². The molecular formula is C68H75-. The fourth-order valence-corrected chi connectivity index (χ4v) is 13.4. The van der Waals surface area contributed by atoms with E-state index in [9.17, 15) is 0 Å². The number of rotatable bonds is 4. The van der Waals surface area contributed by atoms with Crippen LogP contribution in [0.2, 0.25) is 0 Å². The van der Waals surface area contributed by atoms with Crippen molar-refractivity contribution in [3.05, 3.63) is 205 Å². The van der Waals surface area contributed by atoms with Crippen LogP contribution in [0.5, 0.6) is 0 Å². The van der Waals surface area contributed by atoms with E-state index in [2.05, 4.69) is 220 Å². The third-order valence-electron chi connectivity index (χ3n) is 16.7. The molecule has 5 aromatic rings. The Hall–Kier alpha value is -5.46. The third kappa shape index (κ3) is 7.13. The molecule has 0 nitrogen and oxygen atoms in total. The molecule has 0 amide bonds. The van der Waals surface area contributed by atoms with Gasteiger partial charge in [-0.05, 0) is 177 Å². The molecule has 1 saturated carbocycles. The molecule has 5 aliphatic carbocycles. The average molecular weight is 892 g/mol. The highest BCUT2D eigenvalue weighted by molar-refractivity contribution is 6.18. The molecule has 1 fully saturated rings. The predicted octanol–water partition coefficient (Wildman–Crippen LogP) is 18.7. The van der Waals surface area contributed by atoms with Crippen LogP contribution in [0, 0.1) is 23.8 Å². The minimum atomic E-state index is -0.466. The minimum Gasteiger partial charge on any atom is -0.293 e. The van der Waals surface area contributed by atoms with Crippen molar-refractivity contribution in [1.29, 1.82) is 0 Å². The molecule has 0 bridgehead atoms. The highest BCUT2D eigenvalue weighted by Crippen LogP contribution is 2.70. The molecule has 4 unspecified atom stereocenters. The molecule has 0 heterocycles. The molecule has 5 aromatic carbocycles.